The van der Waals surface area contributed by atoms with E-state index >= 15 is 0 Å². The molecule has 12 heteroatoms. The van der Waals surface area contributed by atoms with Crippen LogP contribution in [0.4, 0.5) is 13.2 Å². The predicted octanol–water partition coefficient (Wildman–Crippen LogP) is 4.46. The van der Waals surface area contributed by atoms with E-state index in [2.05, 4.69) is 20.6 Å². The highest BCUT2D eigenvalue weighted by molar-refractivity contribution is 14.0. The normalized spacial score (nSPS) is 13.6. The van der Waals surface area contributed by atoms with E-state index in [-0.39, 0.29) is 30.5 Å². The van der Waals surface area contributed by atoms with E-state index in [9.17, 15) is 13.2 Å². The van der Waals surface area contributed by atoms with Crippen molar-refractivity contribution in [3.8, 4) is 11.5 Å². The Morgan fingerprint density at radius 2 is 2.03 bits per heavy atom. The first-order valence-electron chi connectivity index (χ1n) is 8.48. The van der Waals surface area contributed by atoms with E-state index in [1.807, 2.05) is 13.0 Å². The van der Waals surface area contributed by atoms with Gasteiger partial charge in [-0.1, -0.05) is 11.6 Å². The highest BCUT2D eigenvalue weighted by Crippen LogP contribution is 2.38. The predicted molar refractivity (Wildman–Crippen MR) is 117 cm³/mol. The Labute approximate surface area is 191 Å². The minimum Gasteiger partial charge on any atom is -0.486 e. The summed E-state index contributed by atoms with van der Waals surface area (Å²) in [6.45, 7) is 3.83. The van der Waals surface area contributed by atoms with Crippen molar-refractivity contribution in [3.63, 3.8) is 0 Å². The van der Waals surface area contributed by atoms with Crippen LogP contribution in [0.15, 0.2) is 22.5 Å². The van der Waals surface area contributed by atoms with Crippen molar-refractivity contribution < 1.29 is 22.6 Å². The van der Waals surface area contributed by atoms with Crippen LogP contribution in [0.25, 0.3) is 0 Å². The number of hydrogen-bond donors (Lipinski definition) is 2. The summed E-state index contributed by atoms with van der Waals surface area (Å²) in [5.41, 5.74) is -0.0674. The van der Waals surface area contributed by atoms with Gasteiger partial charge in [-0.3, -0.25) is 0 Å². The molecule has 1 aliphatic rings. The van der Waals surface area contributed by atoms with Crippen LogP contribution in [0.1, 0.15) is 23.2 Å². The van der Waals surface area contributed by atoms with Gasteiger partial charge in [0.25, 0.3) is 0 Å². The van der Waals surface area contributed by atoms with Gasteiger partial charge in [0, 0.05) is 11.9 Å². The maximum absolute atomic E-state index is 12.6. The van der Waals surface area contributed by atoms with Crippen LogP contribution in [0.3, 0.4) is 0 Å². The average Bonchev–Trinajstić information content (AvgIpc) is 3.14. The fourth-order valence-corrected chi connectivity index (χ4v) is 3.48. The minimum atomic E-state index is -4.44. The van der Waals surface area contributed by atoms with E-state index in [0.29, 0.717) is 53.8 Å². The summed E-state index contributed by atoms with van der Waals surface area (Å²) in [6.07, 6.45) is -4.44. The van der Waals surface area contributed by atoms with Crippen molar-refractivity contribution in [3.05, 3.63) is 38.8 Å². The number of thiazole rings is 1. The topological polar surface area (TPSA) is 67.8 Å². The molecule has 3 rings (SSSR count). The smallest absolute Gasteiger partial charge is 0.434 e. The van der Waals surface area contributed by atoms with Crippen molar-refractivity contribution in [2.75, 3.05) is 19.8 Å². The fourth-order valence-electron chi connectivity index (χ4n) is 2.45. The van der Waals surface area contributed by atoms with Gasteiger partial charge in [0.15, 0.2) is 23.2 Å². The maximum atomic E-state index is 12.6. The number of guanidine groups is 1. The number of hydrogen-bond acceptors (Lipinski definition) is 5. The van der Waals surface area contributed by atoms with Crippen molar-refractivity contribution in [2.45, 2.75) is 26.2 Å². The van der Waals surface area contributed by atoms with Crippen molar-refractivity contribution >= 4 is 52.9 Å². The molecule has 0 aliphatic carbocycles. The first kappa shape index (κ1) is 23.8. The molecule has 2 N–H and O–H groups in total. The van der Waals surface area contributed by atoms with Crippen molar-refractivity contribution in [1.29, 1.82) is 0 Å². The second-order valence-electron chi connectivity index (χ2n) is 5.77. The number of halogens is 5. The number of aliphatic imine (C=N–C) groups is 1. The lowest BCUT2D eigenvalue weighted by Gasteiger charge is -2.20. The molecule has 0 unspecified atom stereocenters. The quantitative estimate of drug-likeness (QED) is 0.320. The molecule has 2 heterocycles. The lowest BCUT2D eigenvalue weighted by atomic mass is 10.2. The van der Waals surface area contributed by atoms with Gasteiger partial charge in [0.05, 0.1) is 18.1 Å². The van der Waals surface area contributed by atoms with Gasteiger partial charge in [0.1, 0.15) is 18.2 Å². The molecule has 29 heavy (non-hydrogen) atoms. The van der Waals surface area contributed by atoms with Gasteiger partial charge >= 0.3 is 6.18 Å². The molecule has 1 aliphatic heterocycles. The number of nitrogens with one attached hydrogen (secondary N) is 2. The number of nitrogens with zero attached hydrogens (tertiary/aromatic N) is 2. The molecule has 6 nitrogen and oxygen atoms in total. The van der Waals surface area contributed by atoms with Crippen LogP contribution in [0.5, 0.6) is 11.5 Å². The Morgan fingerprint density at radius 1 is 1.28 bits per heavy atom. The Balaban J connectivity index is 0.00000300. The number of fused-ring (bicyclic) bond motifs is 1. The first-order chi connectivity index (χ1) is 13.4. The van der Waals surface area contributed by atoms with Crippen LogP contribution < -0.4 is 20.1 Å². The number of aromatic nitrogens is 1. The summed E-state index contributed by atoms with van der Waals surface area (Å²) in [4.78, 5) is 8.03. The molecule has 0 amide bonds. The minimum absolute atomic E-state index is 0. The summed E-state index contributed by atoms with van der Waals surface area (Å²) in [5.74, 6) is 1.55. The molecule has 0 saturated heterocycles. The summed E-state index contributed by atoms with van der Waals surface area (Å²) < 4.78 is 48.9. The second kappa shape index (κ2) is 10.5. The maximum Gasteiger partial charge on any atom is 0.434 e. The molecule has 160 valence electrons. The largest absolute Gasteiger partial charge is 0.486 e. The number of rotatable bonds is 5. The third kappa shape index (κ3) is 6.51. The number of benzene rings is 1. The molecular weight excluding hydrogens is 544 g/mol. The van der Waals surface area contributed by atoms with Crippen LogP contribution >= 0.6 is 46.9 Å². The molecule has 1 aromatic carbocycles. The Hall–Kier alpha value is -1.47. The monoisotopic (exact) mass is 562 g/mol. The van der Waals surface area contributed by atoms with E-state index in [4.69, 9.17) is 21.1 Å². The van der Waals surface area contributed by atoms with E-state index in [1.165, 1.54) is 0 Å². The first-order valence-corrected chi connectivity index (χ1v) is 9.74. The van der Waals surface area contributed by atoms with Gasteiger partial charge in [0.2, 0.25) is 0 Å². The van der Waals surface area contributed by atoms with E-state index in [0.717, 1.165) is 22.3 Å². The Morgan fingerprint density at radius 3 is 2.72 bits per heavy atom. The Kier molecular flexibility index (Phi) is 8.64. The van der Waals surface area contributed by atoms with Gasteiger partial charge in [-0.2, -0.15) is 13.2 Å². The van der Waals surface area contributed by atoms with E-state index in [1.54, 1.807) is 6.07 Å². The van der Waals surface area contributed by atoms with Crippen LogP contribution in [-0.4, -0.2) is 30.7 Å². The molecule has 2 aromatic rings. The van der Waals surface area contributed by atoms with Gasteiger partial charge in [-0.05, 0) is 24.6 Å². The summed E-state index contributed by atoms with van der Waals surface area (Å²) in [7, 11) is 0. The molecule has 0 spiro atoms. The molecule has 0 radical (unpaired) electrons. The summed E-state index contributed by atoms with van der Waals surface area (Å²) in [5, 5.41) is 7.79. The summed E-state index contributed by atoms with van der Waals surface area (Å²) in [6, 6.07) is 3.56. The van der Waals surface area contributed by atoms with E-state index < -0.39 is 11.9 Å². The highest BCUT2D eigenvalue weighted by Gasteiger charge is 2.33. The zero-order valence-electron chi connectivity index (χ0n) is 15.3. The van der Waals surface area contributed by atoms with Crippen molar-refractivity contribution in [2.24, 2.45) is 4.99 Å². The Bertz CT molecular complexity index is 864. The zero-order chi connectivity index (χ0) is 20.1. The molecule has 0 fully saturated rings. The molecule has 1 aromatic heterocycles. The number of alkyl halides is 3. The molecule has 0 bridgehead atoms. The standard InChI is InChI=1S/C17H18ClF3N4O2S.HI/c1-2-22-16(24-8-14-25-13(9-28-14)17(19,20)21)23-7-10-5-11(18)15-12(6-10)26-3-4-27-15;/h5-6,9H,2-4,7-8H2,1H3,(H2,22,23,24);1H. The van der Waals surface area contributed by atoms with Crippen molar-refractivity contribution in [1.82, 2.24) is 15.6 Å². The van der Waals surface area contributed by atoms with Gasteiger partial charge in [-0.25, -0.2) is 9.98 Å². The molecule has 0 saturated carbocycles. The molecular formula is C17H19ClF3IN4O2S. The zero-order valence-corrected chi connectivity index (χ0v) is 19.2. The average molecular weight is 563 g/mol. The van der Waals surface area contributed by atoms with Crippen LogP contribution in [0, 0.1) is 0 Å². The SMILES string of the molecule is CCNC(=NCc1cc(Cl)c2c(c1)OCCO2)NCc1nc(C(F)(F)F)cs1.I. The van der Waals surface area contributed by atoms with Gasteiger partial charge in [-0.15, -0.1) is 35.3 Å². The lowest BCUT2D eigenvalue weighted by molar-refractivity contribution is -0.140. The van der Waals surface area contributed by atoms with Gasteiger partial charge < -0.3 is 20.1 Å². The third-order valence-corrected chi connectivity index (χ3v) is 4.80. The van der Waals surface area contributed by atoms with Crippen LogP contribution in [-0.2, 0) is 19.3 Å². The highest BCUT2D eigenvalue weighted by atomic mass is 127. The second-order valence-corrected chi connectivity index (χ2v) is 7.12. The molecule has 0 atom stereocenters. The fraction of sp³-hybridized carbons (Fsp3) is 0.412. The van der Waals surface area contributed by atoms with Crippen LogP contribution in [0.2, 0.25) is 5.02 Å². The third-order valence-electron chi connectivity index (χ3n) is 3.67. The lowest BCUT2D eigenvalue weighted by Crippen LogP contribution is -2.36. The number of ether oxygens (including phenoxy) is 2. The summed E-state index contributed by atoms with van der Waals surface area (Å²) >= 11 is 7.16.